The number of Topliss-reactive ketones (excluding diaryl/α,β-unsaturated/α-hetero) is 1. The summed E-state index contributed by atoms with van der Waals surface area (Å²) in [6, 6.07) is 25.1. The molecule has 0 saturated heterocycles. The zero-order valence-corrected chi connectivity index (χ0v) is 19.3. The summed E-state index contributed by atoms with van der Waals surface area (Å²) in [6.07, 6.45) is 0. The number of hydrogen-bond acceptors (Lipinski definition) is 5. The van der Waals surface area contributed by atoms with Gasteiger partial charge in [0.1, 0.15) is 5.75 Å². The maximum atomic E-state index is 12.8. The molecule has 0 N–H and O–H groups in total. The Balaban J connectivity index is 1.67. The van der Waals surface area contributed by atoms with E-state index >= 15 is 0 Å². The highest BCUT2D eigenvalue weighted by molar-refractivity contribution is 9.10. The number of benzene rings is 3. The summed E-state index contributed by atoms with van der Waals surface area (Å²) >= 11 is 4.82. The average molecular weight is 494 g/mol. The van der Waals surface area contributed by atoms with Gasteiger partial charge in [-0.2, -0.15) is 0 Å². The Morgan fingerprint density at radius 3 is 2.39 bits per heavy atom. The number of carbonyl (C=O) groups is 1. The molecule has 0 bridgehead atoms. The van der Waals surface area contributed by atoms with Crippen molar-refractivity contribution in [2.45, 2.75) is 12.1 Å². The van der Waals surface area contributed by atoms with Gasteiger partial charge in [-0.25, -0.2) is 0 Å². The summed E-state index contributed by atoms with van der Waals surface area (Å²) in [5, 5.41) is 9.48. The Morgan fingerprint density at radius 2 is 1.68 bits per heavy atom. The van der Waals surface area contributed by atoms with E-state index in [9.17, 15) is 4.79 Å². The Hall–Kier alpha value is -2.90. The number of nitrogens with zero attached hydrogens (tertiary/aromatic N) is 3. The lowest BCUT2D eigenvalue weighted by molar-refractivity contribution is 0.102. The van der Waals surface area contributed by atoms with Gasteiger partial charge >= 0.3 is 0 Å². The van der Waals surface area contributed by atoms with Crippen molar-refractivity contribution < 1.29 is 9.53 Å². The van der Waals surface area contributed by atoms with Gasteiger partial charge in [0, 0.05) is 21.3 Å². The lowest BCUT2D eigenvalue weighted by atomic mass is 10.1. The molecule has 1 heterocycles. The molecule has 7 heteroatoms. The third-order valence-corrected chi connectivity index (χ3v) is 6.20. The summed E-state index contributed by atoms with van der Waals surface area (Å²) in [5.74, 6) is 1.81. The Morgan fingerprint density at radius 1 is 0.968 bits per heavy atom. The zero-order valence-electron chi connectivity index (χ0n) is 16.9. The van der Waals surface area contributed by atoms with Crippen LogP contribution in [-0.4, -0.2) is 32.9 Å². The molecule has 0 fully saturated rings. The van der Waals surface area contributed by atoms with Gasteiger partial charge in [0.25, 0.3) is 0 Å². The van der Waals surface area contributed by atoms with Gasteiger partial charge in [0.05, 0.1) is 12.4 Å². The van der Waals surface area contributed by atoms with Crippen molar-refractivity contribution in [1.29, 1.82) is 0 Å². The van der Waals surface area contributed by atoms with Gasteiger partial charge < -0.3 is 4.74 Å². The molecule has 0 unspecified atom stereocenters. The number of rotatable bonds is 8. The lowest BCUT2D eigenvalue weighted by Crippen LogP contribution is -2.05. The Bertz CT molecular complexity index is 1180. The lowest BCUT2D eigenvalue weighted by Gasteiger charge is -2.11. The second-order valence-electron chi connectivity index (χ2n) is 6.63. The molecular formula is C24H20BrN3O2S. The van der Waals surface area contributed by atoms with E-state index < -0.39 is 0 Å². The second kappa shape index (κ2) is 9.94. The van der Waals surface area contributed by atoms with Gasteiger partial charge in [-0.05, 0) is 37.3 Å². The highest BCUT2D eigenvalue weighted by atomic mass is 79.9. The van der Waals surface area contributed by atoms with Crippen LogP contribution >= 0.6 is 27.7 Å². The van der Waals surface area contributed by atoms with E-state index in [0.717, 1.165) is 27.3 Å². The quantitative estimate of drug-likeness (QED) is 0.220. The molecule has 0 spiro atoms. The monoisotopic (exact) mass is 493 g/mol. The standard InChI is InChI=1S/C24H20BrN3O2S/c1-2-30-19-14-12-18(13-15-19)28-23(17-8-4-3-5-9-17)26-27-24(28)31-16-22(29)20-10-6-7-11-21(20)25/h3-15H,2,16H2,1H3. The first-order chi connectivity index (χ1) is 15.2. The first kappa shape index (κ1) is 21.3. The molecular weight excluding hydrogens is 474 g/mol. The fourth-order valence-electron chi connectivity index (χ4n) is 3.12. The Kier molecular flexibility index (Phi) is 6.84. The molecule has 3 aromatic carbocycles. The molecule has 0 radical (unpaired) electrons. The fourth-order valence-corrected chi connectivity index (χ4v) is 4.46. The first-order valence-corrected chi connectivity index (χ1v) is 11.6. The molecule has 0 atom stereocenters. The largest absolute Gasteiger partial charge is 0.494 e. The minimum atomic E-state index is 0.0278. The molecule has 0 aliphatic rings. The molecule has 0 saturated carbocycles. The van der Waals surface area contributed by atoms with E-state index in [2.05, 4.69) is 26.1 Å². The third kappa shape index (κ3) is 4.89. The molecule has 0 aliphatic heterocycles. The van der Waals surface area contributed by atoms with Gasteiger partial charge in [-0.1, -0.05) is 76.2 Å². The zero-order chi connectivity index (χ0) is 21.6. The second-order valence-corrected chi connectivity index (χ2v) is 8.42. The molecule has 0 aliphatic carbocycles. The Labute approximate surface area is 193 Å². The van der Waals surface area contributed by atoms with Crippen LogP contribution in [0.15, 0.2) is 88.5 Å². The highest BCUT2D eigenvalue weighted by Crippen LogP contribution is 2.29. The topological polar surface area (TPSA) is 57.0 Å². The molecule has 5 nitrogen and oxygen atoms in total. The van der Waals surface area contributed by atoms with Crippen LogP contribution in [-0.2, 0) is 0 Å². The van der Waals surface area contributed by atoms with Crippen molar-refractivity contribution in [2.75, 3.05) is 12.4 Å². The number of thioether (sulfide) groups is 1. The first-order valence-electron chi connectivity index (χ1n) is 9.82. The van der Waals surface area contributed by atoms with Crippen LogP contribution in [0.1, 0.15) is 17.3 Å². The van der Waals surface area contributed by atoms with Gasteiger partial charge in [0.2, 0.25) is 0 Å². The summed E-state index contributed by atoms with van der Waals surface area (Å²) in [4.78, 5) is 12.8. The van der Waals surface area contributed by atoms with Crippen molar-refractivity contribution in [3.8, 4) is 22.8 Å². The predicted octanol–water partition coefficient (Wildman–Crippen LogP) is 6.07. The average Bonchev–Trinajstić information content (AvgIpc) is 3.23. The minimum Gasteiger partial charge on any atom is -0.494 e. The number of hydrogen-bond donors (Lipinski definition) is 0. The van der Waals surface area contributed by atoms with Crippen molar-refractivity contribution in [3.05, 3.63) is 88.9 Å². The number of halogens is 1. The van der Waals surface area contributed by atoms with E-state index in [0.29, 0.717) is 17.3 Å². The van der Waals surface area contributed by atoms with E-state index in [4.69, 9.17) is 4.74 Å². The smallest absolute Gasteiger partial charge is 0.196 e. The summed E-state index contributed by atoms with van der Waals surface area (Å²) < 4.78 is 8.33. The highest BCUT2D eigenvalue weighted by Gasteiger charge is 2.18. The fraction of sp³-hybridized carbons (Fsp3) is 0.125. The maximum absolute atomic E-state index is 12.8. The van der Waals surface area contributed by atoms with Crippen LogP contribution in [0.4, 0.5) is 0 Å². The van der Waals surface area contributed by atoms with Crippen LogP contribution < -0.4 is 4.74 Å². The predicted molar refractivity (Wildman–Crippen MR) is 127 cm³/mol. The molecule has 31 heavy (non-hydrogen) atoms. The van der Waals surface area contributed by atoms with E-state index in [1.807, 2.05) is 90.4 Å². The molecule has 0 amide bonds. The number of carbonyl (C=O) groups excluding carboxylic acids is 1. The van der Waals surface area contributed by atoms with Crippen LogP contribution in [0.25, 0.3) is 17.1 Å². The van der Waals surface area contributed by atoms with E-state index in [1.165, 1.54) is 11.8 Å². The summed E-state index contributed by atoms with van der Waals surface area (Å²) in [5.41, 5.74) is 2.52. The third-order valence-electron chi connectivity index (χ3n) is 4.58. The van der Waals surface area contributed by atoms with Crippen molar-refractivity contribution in [3.63, 3.8) is 0 Å². The normalized spacial score (nSPS) is 10.8. The number of ketones is 1. The van der Waals surface area contributed by atoms with Crippen molar-refractivity contribution >= 4 is 33.5 Å². The van der Waals surface area contributed by atoms with Crippen LogP contribution in [0.2, 0.25) is 0 Å². The van der Waals surface area contributed by atoms with Crippen LogP contribution in [0.5, 0.6) is 5.75 Å². The summed E-state index contributed by atoms with van der Waals surface area (Å²) in [6.45, 7) is 2.57. The van der Waals surface area contributed by atoms with E-state index in [1.54, 1.807) is 0 Å². The summed E-state index contributed by atoms with van der Waals surface area (Å²) in [7, 11) is 0. The van der Waals surface area contributed by atoms with Gasteiger partial charge in [-0.3, -0.25) is 9.36 Å². The van der Waals surface area contributed by atoms with Crippen LogP contribution in [0.3, 0.4) is 0 Å². The van der Waals surface area contributed by atoms with Gasteiger partial charge in [0.15, 0.2) is 16.8 Å². The van der Waals surface area contributed by atoms with Crippen LogP contribution in [0, 0.1) is 0 Å². The number of ether oxygens (including phenoxy) is 1. The van der Waals surface area contributed by atoms with E-state index in [-0.39, 0.29) is 11.5 Å². The number of aromatic nitrogens is 3. The molecule has 4 aromatic rings. The molecule has 1 aromatic heterocycles. The minimum absolute atomic E-state index is 0.0278. The van der Waals surface area contributed by atoms with Gasteiger partial charge in [-0.15, -0.1) is 10.2 Å². The molecule has 4 rings (SSSR count). The molecule has 156 valence electrons. The SMILES string of the molecule is CCOc1ccc(-n2c(SCC(=O)c3ccccc3Br)nnc2-c2ccccc2)cc1. The van der Waals surface area contributed by atoms with Crippen molar-refractivity contribution in [2.24, 2.45) is 0 Å². The maximum Gasteiger partial charge on any atom is 0.196 e. The van der Waals surface area contributed by atoms with Crippen molar-refractivity contribution in [1.82, 2.24) is 14.8 Å².